The fraction of sp³-hybridized carbons (Fsp3) is 0.562. The summed E-state index contributed by atoms with van der Waals surface area (Å²) < 4.78 is 26.9. The molecule has 0 N–H and O–H groups in total. The van der Waals surface area contributed by atoms with Gasteiger partial charge in [-0.1, -0.05) is 38.5 Å². The molecule has 0 unspecified atom stereocenters. The van der Waals surface area contributed by atoms with Gasteiger partial charge in [-0.05, 0) is 31.9 Å². The van der Waals surface area contributed by atoms with Crippen LogP contribution in [0.5, 0.6) is 0 Å². The maximum absolute atomic E-state index is 12.8. The zero-order valence-electron chi connectivity index (χ0n) is 13.1. The zero-order valence-corrected chi connectivity index (χ0v) is 13.9. The summed E-state index contributed by atoms with van der Waals surface area (Å²) in [6.07, 6.45) is 1.35. The largest absolute Gasteiger partial charge is 0.297 e. The van der Waals surface area contributed by atoms with Crippen LogP contribution in [0.3, 0.4) is 0 Å². The quantitative estimate of drug-likeness (QED) is 0.862. The summed E-state index contributed by atoms with van der Waals surface area (Å²) in [4.78, 5) is 12.8. The molecular weight excluding hydrogens is 286 g/mol. The molecule has 4 nitrogen and oxygen atoms in total. The molecule has 5 heteroatoms. The highest BCUT2D eigenvalue weighted by atomic mass is 32.2. The second-order valence-corrected chi connectivity index (χ2v) is 8.59. The van der Waals surface area contributed by atoms with Crippen molar-refractivity contribution in [3.63, 3.8) is 0 Å². The second kappa shape index (κ2) is 5.54. The van der Waals surface area contributed by atoms with Crippen molar-refractivity contribution in [3.05, 3.63) is 29.8 Å². The molecule has 1 atom stereocenters. The molecule has 0 spiro atoms. The lowest BCUT2D eigenvalue weighted by Crippen LogP contribution is -2.44. The van der Waals surface area contributed by atoms with E-state index in [0.29, 0.717) is 13.0 Å². The first-order valence-corrected chi connectivity index (χ1v) is 8.71. The van der Waals surface area contributed by atoms with Gasteiger partial charge in [0.2, 0.25) is 10.0 Å². The molecule has 1 fully saturated rings. The maximum Gasteiger partial charge on any atom is 0.243 e. The zero-order chi connectivity index (χ0) is 15.8. The molecule has 2 rings (SSSR count). The summed E-state index contributed by atoms with van der Waals surface area (Å²) in [6, 6.07) is 6.26. The minimum atomic E-state index is -3.60. The van der Waals surface area contributed by atoms with E-state index in [2.05, 4.69) is 0 Å². The van der Waals surface area contributed by atoms with Gasteiger partial charge >= 0.3 is 0 Å². The van der Waals surface area contributed by atoms with Gasteiger partial charge in [-0.15, -0.1) is 0 Å². The summed E-state index contributed by atoms with van der Waals surface area (Å²) in [6.45, 7) is 7.85. The van der Waals surface area contributed by atoms with Crippen molar-refractivity contribution in [3.8, 4) is 0 Å². The van der Waals surface area contributed by atoms with Gasteiger partial charge in [-0.25, -0.2) is 8.42 Å². The number of carbonyl (C=O) groups excluding carboxylic acids is 1. The summed E-state index contributed by atoms with van der Waals surface area (Å²) in [5.74, 6) is -0.00399. The normalized spacial score (nSPS) is 20.7. The van der Waals surface area contributed by atoms with Crippen molar-refractivity contribution in [2.24, 2.45) is 5.41 Å². The van der Waals surface area contributed by atoms with E-state index in [0.717, 1.165) is 12.0 Å². The first-order chi connectivity index (χ1) is 9.64. The Balaban J connectivity index is 2.35. The van der Waals surface area contributed by atoms with Crippen LogP contribution in [0.1, 0.15) is 39.2 Å². The molecule has 1 aromatic carbocycles. The highest BCUT2D eigenvalue weighted by Gasteiger charge is 2.42. The Morgan fingerprint density at radius 2 is 1.76 bits per heavy atom. The predicted octanol–water partition coefficient (Wildman–Crippen LogP) is 2.76. The molecule has 116 valence electrons. The molecule has 1 aromatic rings. The minimum Gasteiger partial charge on any atom is -0.297 e. The fourth-order valence-electron chi connectivity index (χ4n) is 2.64. The standard InChI is InChI=1S/C16H23NO3S/c1-12-7-9-13(10-8-12)21(19,20)17-11-5-6-14(17)15(18)16(2,3)4/h7-10,14H,5-6,11H2,1-4H3/t14-/m1/s1. The lowest BCUT2D eigenvalue weighted by Gasteiger charge is -2.28. The summed E-state index contributed by atoms with van der Waals surface area (Å²) in [7, 11) is -3.60. The number of Topliss-reactive ketones (excluding diaryl/α,β-unsaturated/α-hetero) is 1. The SMILES string of the molecule is Cc1ccc(S(=O)(=O)N2CCC[C@@H]2C(=O)C(C)(C)C)cc1. The van der Waals surface area contributed by atoms with Crippen LogP contribution in [0.2, 0.25) is 0 Å². The molecule has 1 aliphatic rings. The Morgan fingerprint density at radius 1 is 1.19 bits per heavy atom. The number of aryl methyl sites for hydroxylation is 1. The lowest BCUT2D eigenvalue weighted by atomic mass is 9.86. The smallest absolute Gasteiger partial charge is 0.243 e. The van der Waals surface area contributed by atoms with E-state index >= 15 is 0 Å². The molecule has 0 aliphatic carbocycles. The molecule has 21 heavy (non-hydrogen) atoms. The van der Waals surface area contributed by atoms with E-state index in [1.807, 2.05) is 27.7 Å². The number of benzene rings is 1. The molecule has 0 aromatic heterocycles. The molecule has 0 radical (unpaired) electrons. The third kappa shape index (κ3) is 3.19. The van der Waals surface area contributed by atoms with Crippen molar-refractivity contribution >= 4 is 15.8 Å². The van der Waals surface area contributed by atoms with Gasteiger partial charge in [0.05, 0.1) is 10.9 Å². The first-order valence-electron chi connectivity index (χ1n) is 7.27. The van der Waals surface area contributed by atoms with Crippen LogP contribution in [0.25, 0.3) is 0 Å². The van der Waals surface area contributed by atoms with Gasteiger partial charge in [0.25, 0.3) is 0 Å². The van der Waals surface area contributed by atoms with Gasteiger partial charge in [-0.2, -0.15) is 4.31 Å². The van der Waals surface area contributed by atoms with Crippen LogP contribution in [0, 0.1) is 12.3 Å². The highest BCUT2D eigenvalue weighted by molar-refractivity contribution is 7.89. The van der Waals surface area contributed by atoms with Crippen LogP contribution in [-0.4, -0.2) is 31.1 Å². The van der Waals surface area contributed by atoms with E-state index in [9.17, 15) is 13.2 Å². The van der Waals surface area contributed by atoms with E-state index in [1.54, 1.807) is 24.3 Å². The predicted molar refractivity (Wildman–Crippen MR) is 82.6 cm³/mol. The average molecular weight is 309 g/mol. The minimum absolute atomic E-state index is 0.00399. The second-order valence-electron chi connectivity index (χ2n) is 6.70. The van der Waals surface area contributed by atoms with E-state index in [4.69, 9.17) is 0 Å². The summed E-state index contributed by atoms with van der Waals surface area (Å²) in [5, 5.41) is 0. The molecular formula is C16H23NO3S. The maximum atomic E-state index is 12.8. The van der Waals surface area contributed by atoms with Gasteiger partial charge < -0.3 is 0 Å². The van der Waals surface area contributed by atoms with Crippen LogP contribution in [0.4, 0.5) is 0 Å². The van der Waals surface area contributed by atoms with Crippen molar-refractivity contribution in [1.29, 1.82) is 0 Å². The third-order valence-electron chi connectivity index (χ3n) is 3.87. The van der Waals surface area contributed by atoms with E-state index in [1.165, 1.54) is 4.31 Å². The first kappa shape index (κ1) is 16.2. The molecule has 0 amide bonds. The molecule has 0 bridgehead atoms. The average Bonchev–Trinajstić information content (AvgIpc) is 2.87. The number of hydrogen-bond acceptors (Lipinski definition) is 3. The topological polar surface area (TPSA) is 54.5 Å². The van der Waals surface area contributed by atoms with Crippen LogP contribution in [-0.2, 0) is 14.8 Å². The molecule has 1 heterocycles. The van der Waals surface area contributed by atoms with Crippen molar-refractivity contribution in [2.75, 3.05) is 6.54 Å². The van der Waals surface area contributed by atoms with Crippen LogP contribution >= 0.6 is 0 Å². The van der Waals surface area contributed by atoms with Gasteiger partial charge in [0.1, 0.15) is 0 Å². The number of sulfonamides is 1. The van der Waals surface area contributed by atoms with Crippen molar-refractivity contribution < 1.29 is 13.2 Å². The number of nitrogens with zero attached hydrogens (tertiary/aromatic N) is 1. The fourth-order valence-corrected chi connectivity index (χ4v) is 4.29. The summed E-state index contributed by atoms with van der Waals surface area (Å²) in [5.41, 5.74) is 0.480. The van der Waals surface area contributed by atoms with Gasteiger partial charge in [0.15, 0.2) is 5.78 Å². The molecule has 0 saturated carbocycles. The monoisotopic (exact) mass is 309 g/mol. The van der Waals surface area contributed by atoms with Gasteiger partial charge in [-0.3, -0.25) is 4.79 Å². The Kier molecular flexibility index (Phi) is 4.26. The van der Waals surface area contributed by atoms with Crippen molar-refractivity contribution in [2.45, 2.75) is 51.5 Å². The van der Waals surface area contributed by atoms with E-state index in [-0.39, 0.29) is 10.7 Å². The third-order valence-corrected chi connectivity index (χ3v) is 5.80. The lowest BCUT2D eigenvalue weighted by molar-refractivity contribution is -0.129. The van der Waals surface area contributed by atoms with Gasteiger partial charge in [0, 0.05) is 12.0 Å². The van der Waals surface area contributed by atoms with Crippen molar-refractivity contribution in [1.82, 2.24) is 4.31 Å². The highest BCUT2D eigenvalue weighted by Crippen LogP contribution is 2.31. The Bertz CT molecular complexity index is 626. The number of rotatable bonds is 3. The Hall–Kier alpha value is -1.20. The molecule has 1 aliphatic heterocycles. The van der Waals surface area contributed by atoms with E-state index < -0.39 is 21.5 Å². The Labute approximate surface area is 127 Å². The summed E-state index contributed by atoms with van der Waals surface area (Å²) >= 11 is 0. The van der Waals surface area contributed by atoms with Crippen LogP contribution < -0.4 is 0 Å². The molecule has 1 saturated heterocycles. The Morgan fingerprint density at radius 3 is 2.29 bits per heavy atom. The van der Waals surface area contributed by atoms with Crippen LogP contribution in [0.15, 0.2) is 29.2 Å². The number of hydrogen-bond donors (Lipinski definition) is 0. The number of carbonyl (C=O) groups is 1. The number of ketones is 1.